The SMILES string of the molecule is COCC(C)(C)C[C@@H]1N[C@@H](C(=O)NCC[C@H](O)CO)[C@H](c2cccc(Cl)c2F)[C@@]1(N)c1ccc(Cl)cc1F. The molecule has 1 amide bonds. The summed E-state index contributed by atoms with van der Waals surface area (Å²) in [5.41, 5.74) is 5.22. The molecule has 5 atom stereocenters. The van der Waals surface area contributed by atoms with Crippen LogP contribution in [0, 0.1) is 17.0 Å². The number of aliphatic hydroxyl groups excluding tert-OH is 2. The van der Waals surface area contributed by atoms with Gasteiger partial charge in [0.2, 0.25) is 5.91 Å². The lowest BCUT2D eigenvalue weighted by molar-refractivity contribution is -0.123. The van der Waals surface area contributed by atoms with Gasteiger partial charge in [0.25, 0.3) is 0 Å². The van der Waals surface area contributed by atoms with Crippen LogP contribution >= 0.6 is 23.2 Å². The van der Waals surface area contributed by atoms with Crippen LogP contribution < -0.4 is 16.4 Å². The van der Waals surface area contributed by atoms with E-state index in [0.29, 0.717) is 13.0 Å². The van der Waals surface area contributed by atoms with Gasteiger partial charge in [0.15, 0.2) is 0 Å². The molecule has 0 radical (unpaired) electrons. The second kappa shape index (κ2) is 12.6. The Labute approximate surface area is 231 Å². The van der Waals surface area contributed by atoms with Crippen molar-refractivity contribution in [2.75, 3.05) is 26.9 Å². The van der Waals surface area contributed by atoms with Crippen LogP contribution in [0.25, 0.3) is 0 Å². The van der Waals surface area contributed by atoms with E-state index in [2.05, 4.69) is 10.6 Å². The number of nitrogens with two attached hydrogens (primary N) is 1. The molecule has 2 aromatic rings. The predicted molar refractivity (Wildman–Crippen MR) is 143 cm³/mol. The van der Waals surface area contributed by atoms with Crippen LogP contribution in [-0.2, 0) is 15.1 Å². The summed E-state index contributed by atoms with van der Waals surface area (Å²) in [6.07, 6.45) is -0.549. The van der Waals surface area contributed by atoms with E-state index < -0.39 is 59.2 Å². The molecule has 1 aliphatic heterocycles. The summed E-state index contributed by atoms with van der Waals surface area (Å²) in [7, 11) is 1.57. The Hall–Kier alpha value is -1.85. The van der Waals surface area contributed by atoms with Crippen LogP contribution in [0.3, 0.4) is 0 Å². The topological polar surface area (TPSA) is 117 Å². The smallest absolute Gasteiger partial charge is 0.237 e. The van der Waals surface area contributed by atoms with Crippen molar-refractivity contribution in [1.29, 1.82) is 0 Å². The lowest BCUT2D eigenvalue weighted by Gasteiger charge is -2.40. The minimum atomic E-state index is -1.61. The molecule has 1 heterocycles. The first-order valence-electron chi connectivity index (χ1n) is 12.4. The van der Waals surface area contributed by atoms with Gasteiger partial charge < -0.3 is 31.3 Å². The molecule has 0 aromatic heterocycles. The zero-order valence-corrected chi connectivity index (χ0v) is 23.1. The maximum Gasteiger partial charge on any atom is 0.237 e. The van der Waals surface area contributed by atoms with E-state index in [1.54, 1.807) is 13.2 Å². The number of hydrogen-bond acceptors (Lipinski definition) is 6. The minimum absolute atomic E-state index is 0.0518. The number of nitrogens with one attached hydrogen (secondary N) is 2. The van der Waals surface area contributed by atoms with Gasteiger partial charge in [0.1, 0.15) is 11.6 Å². The summed E-state index contributed by atoms with van der Waals surface area (Å²) < 4.78 is 36.5. The Balaban J connectivity index is 2.18. The molecule has 0 unspecified atom stereocenters. The molecule has 1 fully saturated rings. The van der Waals surface area contributed by atoms with Gasteiger partial charge in [-0.3, -0.25) is 4.79 Å². The van der Waals surface area contributed by atoms with Crippen LogP contribution in [0.2, 0.25) is 10.0 Å². The summed E-state index contributed by atoms with van der Waals surface area (Å²) in [4.78, 5) is 13.5. The van der Waals surface area contributed by atoms with Crippen LogP contribution in [0.4, 0.5) is 8.78 Å². The standard InChI is InChI=1S/C27H35Cl2F2N3O4/c1-26(2,14-38-3)12-21-27(32,18-8-7-15(28)11-20(18)30)22(17-5-4-6-19(29)23(17)31)24(34-21)25(37)33-10-9-16(36)13-35/h4-8,11,16,21-22,24,34-36H,9-10,12-14,32H2,1-3H3,(H,33,37)/t16-,21-,22-,24+,27+/m0/s1. The van der Waals surface area contributed by atoms with E-state index in [4.69, 9.17) is 38.8 Å². The fourth-order valence-electron chi connectivity index (χ4n) is 5.36. The number of ether oxygens (including phenoxy) is 1. The monoisotopic (exact) mass is 573 g/mol. The summed E-state index contributed by atoms with van der Waals surface area (Å²) >= 11 is 12.2. The van der Waals surface area contributed by atoms with Crippen molar-refractivity contribution in [3.8, 4) is 0 Å². The van der Waals surface area contributed by atoms with Gasteiger partial charge in [0.05, 0.1) is 35.9 Å². The van der Waals surface area contributed by atoms with Crippen molar-refractivity contribution in [2.45, 2.75) is 56.3 Å². The van der Waals surface area contributed by atoms with Gasteiger partial charge in [0, 0.05) is 36.2 Å². The normalized spacial score (nSPS) is 24.4. The molecule has 1 aliphatic rings. The second-order valence-corrected chi connectivity index (χ2v) is 11.4. The Morgan fingerprint density at radius 2 is 2.00 bits per heavy atom. The molecule has 1 saturated heterocycles. The third-order valence-electron chi connectivity index (χ3n) is 7.08. The lowest BCUT2D eigenvalue weighted by atomic mass is 9.68. The number of rotatable bonds is 11. The Kier molecular flexibility index (Phi) is 10.1. The quantitative estimate of drug-likeness (QED) is 0.281. The highest BCUT2D eigenvalue weighted by atomic mass is 35.5. The average Bonchev–Trinajstić information content (AvgIpc) is 3.12. The number of carbonyl (C=O) groups excluding carboxylic acids is 1. The molecule has 11 heteroatoms. The van der Waals surface area contributed by atoms with Gasteiger partial charge in [-0.1, -0.05) is 55.2 Å². The van der Waals surface area contributed by atoms with Gasteiger partial charge >= 0.3 is 0 Å². The Morgan fingerprint density at radius 1 is 1.29 bits per heavy atom. The summed E-state index contributed by atoms with van der Waals surface area (Å²) in [6.45, 7) is 3.86. The van der Waals surface area contributed by atoms with E-state index in [1.165, 1.54) is 24.3 Å². The molecule has 210 valence electrons. The van der Waals surface area contributed by atoms with Gasteiger partial charge in [-0.15, -0.1) is 0 Å². The maximum atomic E-state index is 15.6. The van der Waals surface area contributed by atoms with Crippen molar-refractivity contribution in [3.05, 3.63) is 69.2 Å². The van der Waals surface area contributed by atoms with E-state index in [1.807, 2.05) is 13.8 Å². The fraction of sp³-hybridized carbons (Fsp3) is 0.519. The van der Waals surface area contributed by atoms with Crippen molar-refractivity contribution >= 4 is 29.1 Å². The van der Waals surface area contributed by atoms with E-state index in [9.17, 15) is 9.90 Å². The molecule has 0 spiro atoms. The minimum Gasteiger partial charge on any atom is -0.394 e. The van der Waals surface area contributed by atoms with Crippen LogP contribution in [0.15, 0.2) is 36.4 Å². The van der Waals surface area contributed by atoms with Gasteiger partial charge in [-0.2, -0.15) is 0 Å². The van der Waals surface area contributed by atoms with Crippen molar-refractivity contribution in [1.82, 2.24) is 10.6 Å². The molecule has 38 heavy (non-hydrogen) atoms. The largest absolute Gasteiger partial charge is 0.394 e. The first-order chi connectivity index (χ1) is 17.9. The fourth-order valence-corrected chi connectivity index (χ4v) is 5.70. The molecule has 6 N–H and O–H groups in total. The van der Waals surface area contributed by atoms with E-state index >= 15 is 8.78 Å². The van der Waals surface area contributed by atoms with Crippen LogP contribution in [0.5, 0.6) is 0 Å². The highest BCUT2D eigenvalue weighted by Crippen LogP contribution is 2.49. The number of benzene rings is 2. The van der Waals surface area contributed by atoms with Gasteiger partial charge in [-0.25, -0.2) is 8.78 Å². The molecule has 0 saturated carbocycles. The number of hydrogen-bond donors (Lipinski definition) is 5. The van der Waals surface area contributed by atoms with Gasteiger partial charge in [-0.05, 0) is 42.0 Å². The van der Waals surface area contributed by atoms with Crippen molar-refractivity contribution in [2.24, 2.45) is 11.1 Å². The highest BCUT2D eigenvalue weighted by molar-refractivity contribution is 6.31. The van der Waals surface area contributed by atoms with E-state index in [0.717, 1.165) is 6.07 Å². The molecule has 0 bridgehead atoms. The molecule has 2 aromatic carbocycles. The molecular weight excluding hydrogens is 539 g/mol. The molecule has 3 rings (SSSR count). The predicted octanol–water partition coefficient (Wildman–Crippen LogP) is 3.47. The van der Waals surface area contributed by atoms with E-state index in [-0.39, 0.29) is 34.1 Å². The zero-order chi connectivity index (χ0) is 28.3. The number of halogens is 4. The van der Waals surface area contributed by atoms with Crippen molar-refractivity contribution < 1.29 is 28.5 Å². The molecule has 7 nitrogen and oxygen atoms in total. The highest BCUT2D eigenvalue weighted by Gasteiger charge is 2.58. The number of aliphatic hydroxyl groups is 2. The second-order valence-electron chi connectivity index (χ2n) is 10.6. The zero-order valence-electron chi connectivity index (χ0n) is 21.6. The summed E-state index contributed by atoms with van der Waals surface area (Å²) in [5.74, 6) is -3.04. The Bertz CT molecular complexity index is 1140. The van der Waals surface area contributed by atoms with Crippen LogP contribution in [0.1, 0.15) is 43.7 Å². The molecular formula is C27H35Cl2F2N3O4. The first kappa shape index (κ1) is 30.7. The lowest BCUT2D eigenvalue weighted by Crippen LogP contribution is -2.53. The number of amides is 1. The average molecular weight is 574 g/mol. The summed E-state index contributed by atoms with van der Waals surface area (Å²) in [6, 6.07) is 6.73. The number of methoxy groups -OCH3 is 1. The third-order valence-corrected chi connectivity index (χ3v) is 7.61. The summed E-state index contributed by atoms with van der Waals surface area (Å²) in [5, 5.41) is 24.8. The van der Waals surface area contributed by atoms with Crippen molar-refractivity contribution in [3.63, 3.8) is 0 Å². The maximum absolute atomic E-state index is 15.6. The Morgan fingerprint density at radius 3 is 2.63 bits per heavy atom. The first-order valence-corrected chi connectivity index (χ1v) is 13.1. The van der Waals surface area contributed by atoms with Crippen LogP contribution in [-0.4, -0.2) is 61.2 Å². The molecule has 0 aliphatic carbocycles. The third kappa shape index (κ3) is 6.47. The number of carbonyl (C=O) groups is 1.